The number of carbonyl (C=O) groups excluding carboxylic acids is 2. The van der Waals surface area contributed by atoms with E-state index in [0.717, 1.165) is 5.56 Å². The van der Waals surface area contributed by atoms with Crippen LogP contribution in [0.4, 0.5) is 0 Å². The Morgan fingerprint density at radius 1 is 1.15 bits per heavy atom. The number of esters is 1. The van der Waals surface area contributed by atoms with Crippen LogP contribution in [0.1, 0.15) is 27.9 Å². The van der Waals surface area contributed by atoms with Gasteiger partial charge >= 0.3 is 5.97 Å². The highest BCUT2D eigenvalue weighted by Gasteiger charge is 2.25. The molecule has 1 aromatic carbocycles. The molecule has 26 heavy (non-hydrogen) atoms. The summed E-state index contributed by atoms with van der Waals surface area (Å²) in [5.74, 6) is -0.427. The number of amides is 1. The van der Waals surface area contributed by atoms with E-state index in [1.54, 1.807) is 13.0 Å². The second-order valence-corrected chi connectivity index (χ2v) is 5.52. The smallest absolute Gasteiger partial charge is 0.329 e. The fourth-order valence-electron chi connectivity index (χ4n) is 2.31. The van der Waals surface area contributed by atoms with Crippen LogP contribution in [0.2, 0.25) is 0 Å². The van der Waals surface area contributed by atoms with Gasteiger partial charge in [0.25, 0.3) is 11.8 Å². The van der Waals surface area contributed by atoms with Crippen LogP contribution < -0.4 is 5.32 Å². The number of aryl methyl sites for hydroxylation is 1. The van der Waals surface area contributed by atoms with E-state index in [4.69, 9.17) is 13.6 Å². The minimum Gasteiger partial charge on any atom is -0.459 e. The molecule has 1 N–H and O–H groups in total. The Morgan fingerprint density at radius 3 is 2.62 bits per heavy atom. The Balaban J connectivity index is 1.68. The van der Waals surface area contributed by atoms with Crippen LogP contribution in [0.15, 0.2) is 57.6 Å². The van der Waals surface area contributed by atoms with Crippen LogP contribution in [-0.4, -0.2) is 28.1 Å². The summed E-state index contributed by atoms with van der Waals surface area (Å²) in [6, 6.07) is 11.5. The summed E-state index contributed by atoms with van der Waals surface area (Å²) < 4.78 is 15.4. The van der Waals surface area contributed by atoms with Gasteiger partial charge in [0.15, 0.2) is 12.4 Å². The van der Waals surface area contributed by atoms with Gasteiger partial charge in [-0.15, -0.1) is 10.2 Å². The lowest BCUT2D eigenvalue weighted by Crippen LogP contribution is -2.43. The summed E-state index contributed by atoms with van der Waals surface area (Å²) >= 11 is 0. The summed E-state index contributed by atoms with van der Waals surface area (Å²) in [5, 5.41) is 10.1. The molecule has 3 rings (SSSR count). The summed E-state index contributed by atoms with van der Waals surface area (Å²) in [5.41, 5.74) is 0.878. The molecule has 1 atom stereocenters. The molecule has 3 aromatic rings. The second-order valence-electron chi connectivity index (χ2n) is 5.52. The zero-order valence-corrected chi connectivity index (χ0v) is 14.0. The number of rotatable bonds is 7. The lowest BCUT2D eigenvalue weighted by molar-refractivity contribution is -0.148. The number of carbonyl (C=O) groups is 2. The molecule has 0 radical (unpaired) electrons. The van der Waals surface area contributed by atoms with Gasteiger partial charge < -0.3 is 18.9 Å². The van der Waals surface area contributed by atoms with Gasteiger partial charge in [0.2, 0.25) is 5.89 Å². The predicted molar refractivity (Wildman–Crippen MR) is 88.9 cm³/mol. The molecule has 0 bridgehead atoms. The lowest BCUT2D eigenvalue weighted by Gasteiger charge is -2.16. The topological polar surface area (TPSA) is 107 Å². The van der Waals surface area contributed by atoms with E-state index in [1.807, 2.05) is 30.3 Å². The number of benzene rings is 1. The molecule has 0 spiro atoms. The summed E-state index contributed by atoms with van der Waals surface area (Å²) in [7, 11) is 0. The maximum atomic E-state index is 12.5. The van der Waals surface area contributed by atoms with Gasteiger partial charge in [-0.3, -0.25) is 4.79 Å². The van der Waals surface area contributed by atoms with Crippen LogP contribution in [0, 0.1) is 6.92 Å². The van der Waals surface area contributed by atoms with Gasteiger partial charge in [-0.1, -0.05) is 30.3 Å². The number of ether oxygens (including phenoxy) is 1. The fraction of sp³-hybridized carbons (Fsp3) is 0.222. The maximum absolute atomic E-state index is 12.5. The molecule has 2 heterocycles. The van der Waals surface area contributed by atoms with Crippen molar-refractivity contribution in [2.75, 3.05) is 0 Å². The van der Waals surface area contributed by atoms with Crippen molar-refractivity contribution in [2.45, 2.75) is 26.0 Å². The van der Waals surface area contributed by atoms with Gasteiger partial charge in [-0.2, -0.15) is 0 Å². The van der Waals surface area contributed by atoms with E-state index < -0.39 is 17.9 Å². The normalized spacial score (nSPS) is 11.7. The van der Waals surface area contributed by atoms with Crippen molar-refractivity contribution in [3.63, 3.8) is 0 Å². The third kappa shape index (κ3) is 4.56. The molecule has 0 aliphatic heterocycles. The predicted octanol–water partition coefficient (Wildman–Crippen LogP) is 2.06. The molecular weight excluding hydrogens is 338 g/mol. The standard InChI is InChI=1S/C18H17N3O5/c1-12-20-21-16(26-12)11-25-18(23)14(10-13-6-3-2-4-7-13)19-17(22)15-8-5-9-24-15/h2-9,14H,10-11H2,1H3,(H,19,22)/t14-/m0/s1. The van der Waals surface area contributed by atoms with Crippen LogP contribution in [-0.2, 0) is 22.6 Å². The van der Waals surface area contributed by atoms with Crippen molar-refractivity contribution in [1.82, 2.24) is 15.5 Å². The molecule has 0 saturated carbocycles. The monoisotopic (exact) mass is 355 g/mol. The van der Waals surface area contributed by atoms with Gasteiger partial charge in [0.05, 0.1) is 6.26 Å². The van der Waals surface area contributed by atoms with Crippen molar-refractivity contribution in [3.8, 4) is 0 Å². The number of nitrogens with one attached hydrogen (secondary N) is 1. The van der Waals surface area contributed by atoms with Crippen LogP contribution in [0.25, 0.3) is 0 Å². The first kappa shape index (κ1) is 17.4. The molecule has 0 fully saturated rings. The summed E-state index contributed by atoms with van der Waals surface area (Å²) in [6.45, 7) is 1.47. The maximum Gasteiger partial charge on any atom is 0.329 e. The van der Waals surface area contributed by atoms with Gasteiger partial charge in [0.1, 0.15) is 6.04 Å². The van der Waals surface area contributed by atoms with E-state index in [9.17, 15) is 9.59 Å². The highest BCUT2D eigenvalue weighted by molar-refractivity contribution is 5.94. The van der Waals surface area contributed by atoms with Crippen LogP contribution in [0.5, 0.6) is 0 Å². The Labute approximate surface area is 149 Å². The minimum absolute atomic E-state index is 0.114. The average molecular weight is 355 g/mol. The number of aromatic nitrogens is 2. The SMILES string of the molecule is Cc1nnc(COC(=O)[C@H](Cc2ccccc2)NC(=O)c2ccco2)o1. The molecule has 134 valence electrons. The van der Waals surface area contributed by atoms with Crippen molar-refractivity contribution in [2.24, 2.45) is 0 Å². The first-order chi connectivity index (χ1) is 12.6. The first-order valence-electron chi connectivity index (χ1n) is 7.96. The second kappa shape index (κ2) is 8.11. The van der Waals surface area contributed by atoms with E-state index in [1.165, 1.54) is 12.3 Å². The minimum atomic E-state index is -0.890. The van der Waals surface area contributed by atoms with Crippen LogP contribution >= 0.6 is 0 Å². The highest BCUT2D eigenvalue weighted by Crippen LogP contribution is 2.08. The van der Waals surface area contributed by atoms with Crippen molar-refractivity contribution < 1.29 is 23.2 Å². The van der Waals surface area contributed by atoms with E-state index in [-0.39, 0.29) is 24.7 Å². The van der Waals surface area contributed by atoms with Crippen molar-refractivity contribution in [1.29, 1.82) is 0 Å². The quantitative estimate of drug-likeness (QED) is 0.646. The average Bonchev–Trinajstić information content (AvgIpc) is 3.32. The third-order valence-electron chi connectivity index (χ3n) is 3.52. The molecule has 8 heteroatoms. The number of nitrogens with zero attached hydrogens (tertiary/aromatic N) is 2. The molecule has 0 aliphatic rings. The van der Waals surface area contributed by atoms with Gasteiger partial charge in [-0.05, 0) is 17.7 Å². The first-order valence-corrected chi connectivity index (χ1v) is 7.96. The van der Waals surface area contributed by atoms with E-state index >= 15 is 0 Å². The summed E-state index contributed by atoms with van der Waals surface area (Å²) in [6.07, 6.45) is 1.66. The largest absolute Gasteiger partial charge is 0.459 e. The van der Waals surface area contributed by atoms with E-state index in [0.29, 0.717) is 5.89 Å². The van der Waals surface area contributed by atoms with Crippen molar-refractivity contribution in [3.05, 3.63) is 71.8 Å². The number of hydrogen-bond donors (Lipinski definition) is 1. The Morgan fingerprint density at radius 2 is 1.96 bits per heavy atom. The Kier molecular flexibility index (Phi) is 5.43. The zero-order valence-electron chi connectivity index (χ0n) is 14.0. The molecule has 1 amide bonds. The van der Waals surface area contributed by atoms with Crippen LogP contribution in [0.3, 0.4) is 0 Å². The summed E-state index contributed by atoms with van der Waals surface area (Å²) in [4.78, 5) is 24.7. The zero-order chi connectivity index (χ0) is 18.4. The Bertz CT molecular complexity index is 858. The molecule has 0 unspecified atom stereocenters. The molecular formula is C18H17N3O5. The molecule has 2 aromatic heterocycles. The lowest BCUT2D eigenvalue weighted by atomic mass is 10.1. The third-order valence-corrected chi connectivity index (χ3v) is 3.52. The van der Waals surface area contributed by atoms with Gasteiger partial charge in [-0.25, -0.2) is 4.79 Å². The molecule has 8 nitrogen and oxygen atoms in total. The fourth-order valence-corrected chi connectivity index (χ4v) is 2.31. The van der Waals surface area contributed by atoms with Crippen molar-refractivity contribution >= 4 is 11.9 Å². The highest BCUT2D eigenvalue weighted by atomic mass is 16.5. The number of hydrogen-bond acceptors (Lipinski definition) is 7. The molecule has 0 saturated heterocycles. The molecule has 0 aliphatic carbocycles. The Hall–Kier alpha value is -3.42. The number of furan rings is 1. The van der Waals surface area contributed by atoms with E-state index in [2.05, 4.69) is 15.5 Å². The van der Waals surface area contributed by atoms with Gasteiger partial charge in [0, 0.05) is 13.3 Å².